The van der Waals surface area contributed by atoms with Crippen LogP contribution in [0, 0.1) is 5.92 Å². The van der Waals surface area contributed by atoms with Crippen LogP contribution in [0.1, 0.15) is 20.3 Å². The highest BCUT2D eigenvalue weighted by atomic mass is 35.5. The lowest BCUT2D eigenvalue weighted by atomic mass is 10.1. The van der Waals surface area contributed by atoms with E-state index in [1.807, 2.05) is 6.08 Å². The fourth-order valence-corrected chi connectivity index (χ4v) is 1.37. The van der Waals surface area contributed by atoms with Gasteiger partial charge in [-0.1, -0.05) is 42.3 Å². The largest absolute Gasteiger partial charge is 0.0885 e. The monoisotopic (exact) mass is 168 g/mol. The van der Waals surface area contributed by atoms with Gasteiger partial charge in [0.25, 0.3) is 0 Å². The molecule has 1 heteroatoms. The molecule has 0 aromatic heterocycles. The van der Waals surface area contributed by atoms with E-state index in [1.54, 1.807) is 0 Å². The van der Waals surface area contributed by atoms with Crippen molar-refractivity contribution in [2.45, 2.75) is 20.3 Å². The zero-order valence-corrected chi connectivity index (χ0v) is 7.73. The topological polar surface area (TPSA) is 0 Å². The Balaban J connectivity index is 2.84. The second kappa shape index (κ2) is 3.77. The van der Waals surface area contributed by atoms with Crippen LogP contribution in [0.25, 0.3) is 0 Å². The van der Waals surface area contributed by atoms with Crippen molar-refractivity contribution in [3.63, 3.8) is 0 Å². The van der Waals surface area contributed by atoms with Crippen LogP contribution in [-0.4, -0.2) is 0 Å². The molecule has 0 radical (unpaired) electrons. The number of rotatable bonds is 1. The highest BCUT2D eigenvalue weighted by Crippen LogP contribution is 2.23. The molecule has 0 aliphatic heterocycles. The molecule has 1 rings (SSSR count). The van der Waals surface area contributed by atoms with Gasteiger partial charge in [-0.25, -0.2) is 0 Å². The molecule has 0 saturated carbocycles. The second-order valence-electron chi connectivity index (χ2n) is 2.84. The van der Waals surface area contributed by atoms with Gasteiger partial charge in [-0.2, -0.15) is 0 Å². The predicted molar refractivity (Wildman–Crippen MR) is 50.6 cm³/mol. The first kappa shape index (κ1) is 8.61. The third-order valence-electron chi connectivity index (χ3n) is 1.89. The van der Waals surface area contributed by atoms with Crippen molar-refractivity contribution in [3.8, 4) is 0 Å². The highest BCUT2D eigenvalue weighted by Gasteiger charge is 2.06. The molecule has 0 spiro atoms. The van der Waals surface area contributed by atoms with E-state index < -0.39 is 0 Å². The molecule has 0 aromatic rings. The van der Waals surface area contributed by atoms with E-state index >= 15 is 0 Å². The molecule has 0 aromatic carbocycles. The van der Waals surface area contributed by atoms with Gasteiger partial charge in [0.1, 0.15) is 0 Å². The highest BCUT2D eigenvalue weighted by molar-refractivity contribution is 6.30. The lowest BCUT2D eigenvalue weighted by Gasteiger charge is -2.05. The predicted octanol–water partition coefficient (Wildman–Crippen LogP) is 3.65. The molecular weight excluding hydrogens is 156 g/mol. The first-order valence-corrected chi connectivity index (χ1v) is 4.34. The summed E-state index contributed by atoms with van der Waals surface area (Å²) in [4.78, 5) is 0. The van der Waals surface area contributed by atoms with Crippen LogP contribution >= 0.6 is 11.6 Å². The summed E-state index contributed by atoms with van der Waals surface area (Å²) >= 11 is 6.02. The third kappa shape index (κ3) is 2.23. The summed E-state index contributed by atoms with van der Waals surface area (Å²) < 4.78 is 0. The normalized spacial score (nSPS) is 24.1. The summed E-state index contributed by atoms with van der Waals surface area (Å²) in [6.45, 7) is 4.22. The Hall–Kier alpha value is -0.490. The van der Waals surface area contributed by atoms with Gasteiger partial charge in [-0.15, -0.1) is 0 Å². The maximum absolute atomic E-state index is 6.02. The zero-order valence-electron chi connectivity index (χ0n) is 6.97. The Kier molecular flexibility index (Phi) is 2.95. The van der Waals surface area contributed by atoms with Crippen molar-refractivity contribution < 1.29 is 0 Å². The van der Waals surface area contributed by atoms with Gasteiger partial charge in [-0.05, 0) is 19.4 Å². The number of hydrogen-bond acceptors (Lipinski definition) is 0. The van der Waals surface area contributed by atoms with Crippen LogP contribution in [-0.2, 0) is 0 Å². The van der Waals surface area contributed by atoms with E-state index in [9.17, 15) is 0 Å². The van der Waals surface area contributed by atoms with Gasteiger partial charge < -0.3 is 0 Å². The van der Waals surface area contributed by atoms with Crippen molar-refractivity contribution in [1.82, 2.24) is 0 Å². The second-order valence-corrected chi connectivity index (χ2v) is 3.27. The summed E-state index contributed by atoms with van der Waals surface area (Å²) in [7, 11) is 0. The molecule has 60 valence electrons. The summed E-state index contributed by atoms with van der Waals surface area (Å²) in [6, 6.07) is 0. The Morgan fingerprint density at radius 2 is 2.18 bits per heavy atom. The smallest absolute Gasteiger partial charge is 0.0249 e. The van der Waals surface area contributed by atoms with E-state index in [1.165, 1.54) is 5.57 Å². The van der Waals surface area contributed by atoms with Crippen molar-refractivity contribution in [2.24, 2.45) is 5.92 Å². The molecule has 1 aliphatic carbocycles. The van der Waals surface area contributed by atoms with Gasteiger partial charge in [0, 0.05) is 11.0 Å². The lowest BCUT2D eigenvalue weighted by Crippen LogP contribution is -1.92. The standard InChI is InChI=1S/C10H13Cl/c1-3-9-6-4-8(2)5-7-10(9)11/h4-7,9H,3H2,1-2H3. The number of halogens is 1. The Morgan fingerprint density at radius 1 is 1.45 bits per heavy atom. The number of allylic oxidation sites excluding steroid dienone is 6. The Labute approximate surface area is 73.3 Å². The Bertz CT molecular complexity index is 221. The van der Waals surface area contributed by atoms with Crippen LogP contribution in [0.5, 0.6) is 0 Å². The molecule has 0 saturated heterocycles. The molecule has 0 nitrogen and oxygen atoms in total. The van der Waals surface area contributed by atoms with Crippen molar-refractivity contribution in [1.29, 1.82) is 0 Å². The van der Waals surface area contributed by atoms with E-state index in [4.69, 9.17) is 11.6 Å². The lowest BCUT2D eigenvalue weighted by molar-refractivity contribution is 0.761. The first-order valence-electron chi connectivity index (χ1n) is 3.96. The number of hydrogen-bond donors (Lipinski definition) is 0. The van der Waals surface area contributed by atoms with Crippen molar-refractivity contribution in [3.05, 3.63) is 34.9 Å². The zero-order chi connectivity index (χ0) is 8.27. The minimum atomic E-state index is 0.422. The fourth-order valence-electron chi connectivity index (χ4n) is 1.08. The van der Waals surface area contributed by atoms with E-state index in [0.717, 1.165) is 11.5 Å². The van der Waals surface area contributed by atoms with Crippen LogP contribution in [0.4, 0.5) is 0 Å². The molecule has 0 amide bonds. The van der Waals surface area contributed by atoms with Gasteiger partial charge in [-0.3, -0.25) is 0 Å². The fraction of sp³-hybridized carbons (Fsp3) is 0.400. The van der Waals surface area contributed by atoms with Crippen molar-refractivity contribution >= 4 is 11.6 Å². The van der Waals surface area contributed by atoms with Crippen LogP contribution in [0.15, 0.2) is 34.9 Å². The summed E-state index contributed by atoms with van der Waals surface area (Å²) in [5.74, 6) is 0.422. The SMILES string of the molecule is CCC1C=CC(C)=CC=C1Cl. The minimum absolute atomic E-state index is 0.422. The molecule has 0 fully saturated rings. The Morgan fingerprint density at radius 3 is 2.82 bits per heavy atom. The molecule has 1 atom stereocenters. The molecule has 1 unspecified atom stereocenters. The summed E-state index contributed by atoms with van der Waals surface area (Å²) in [5.41, 5.74) is 1.26. The molecule has 0 bridgehead atoms. The summed E-state index contributed by atoms with van der Waals surface area (Å²) in [6.07, 6.45) is 9.41. The maximum atomic E-state index is 6.02. The molecule has 1 aliphatic rings. The van der Waals surface area contributed by atoms with Gasteiger partial charge in [0.2, 0.25) is 0 Å². The van der Waals surface area contributed by atoms with Gasteiger partial charge in [0.05, 0.1) is 0 Å². The first-order chi connectivity index (χ1) is 5.24. The molecule has 0 N–H and O–H groups in total. The average Bonchev–Trinajstić information content (AvgIpc) is 2.15. The van der Waals surface area contributed by atoms with E-state index in [2.05, 4.69) is 32.1 Å². The van der Waals surface area contributed by atoms with Gasteiger partial charge in [0.15, 0.2) is 0 Å². The van der Waals surface area contributed by atoms with Crippen LogP contribution in [0.3, 0.4) is 0 Å². The van der Waals surface area contributed by atoms with Crippen LogP contribution in [0.2, 0.25) is 0 Å². The molecular formula is C10H13Cl. The van der Waals surface area contributed by atoms with Crippen LogP contribution < -0.4 is 0 Å². The van der Waals surface area contributed by atoms with E-state index in [0.29, 0.717) is 5.92 Å². The average molecular weight is 169 g/mol. The minimum Gasteiger partial charge on any atom is -0.0885 e. The van der Waals surface area contributed by atoms with Crippen molar-refractivity contribution in [2.75, 3.05) is 0 Å². The summed E-state index contributed by atoms with van der Waals surface area (Å²) in [5, 5.41) is 0.945. The molecule has 0 heterocycles. The quantitative estimate of drug-likeness (QED) is 0.561. The molecule has 11 heavy (non-hydrogen) atoms. The maximum Gasteiger partial charge on any atom is 0.0249 e. The van der Waals surface area contributed by atoms with E-state index in [-0.39, 0.29) is 0 Å². The van der Waals surface area contributed by atoms with Gasteiger partial charge >= 0.3 is 0 Å². The third-order valence-corrected chi connectivity index (χ3v) is 2.30.